The van der Waals surface area contributed by atoms with Gasteiger partial charge in [0, 0.05) is 19.5 Å². The molecule has 10 nitrogen and oxygen atoms in total. The molecule has 0 unspecified atom stereocenters. The number of sulfonamides is 1. The number of piperidine rings is 2. The molecule has 0 aromatic heterocycles. The van der Waals surface area contributed by atoms with Gasteiger partial charge in [-0.3, -0.25) is 14.4 Å². The van der Waals surface area contributed by atoms with E-state index in [0.717, 1.165) is 32.4 Å². The molecule has 2 heterocycles. The summed E-state index contributed by atoms with van der Waals surface area (Å²) >= 11 is 0. The van der Waals surface area contributed by atoms with Crippen LogP contribution in [0.2, 0.25) is 0 Å². The lowest BCUT2D eigenvalue weighted by Gasteiger charge is -2.33. The monoisotopic (exact) mass is 510 g/mol. The number of nitrogens with one attached hydrogen (secondary N) is 3. The Morgan fingerprint density at radius 3 is 2.52 bits per heavy atom. The molecule has 0 bridgehead atoms. The molecule has 192 valence electrons. The minimum Gasteiger partial charge on any atom is -0.481 e. The topological polar surface area (TPSA) is 145 Å². The van der Waals surface area contributed by atoms with Gasteiger partial charge in [-0.1, -0.05) is 13.3 Å². The van der Waals surface area contributed by atoms with Crippen molar-refractivity contribution in [1.29, 1.82) is 0 Å². The summed E-state index contributed by atoms with van der Waals surface area (Å²) in [7, 11) is -3.70. The second kappa shape index (κ2) is 14.7. The van der Waals surface area contributed by atoms with Gasteiger partial charge in [0.15, 0.2) is 0 Å². The van der Waals surface area contributed by atoms with E-state index in [4.69, 9.17) is 5.11 Å². The number of carbonyl (C=O) groups excluding carboxylic acids is 2. The van der Waals surface area contributed by atoms with Crippen molar-refractivity contribution in [2.75, 3.05) is 31.9 Å². The highest BCUT2D eigenvalue weighted by atomic mass is 35.5. The minimum absolute atomic E-state index is 0. The molecule has 2 atom stereocenters. The van der Waals surface area contributed by atoms with Crippen molar-refractivity contribution in [3.05, 3.63) is 0 Å². The van der Waals surface area contributed by atoms with Crippen LogP contribution < -0.4 is 15.4 Å². The van der Waals surface area contributed by atoms with Crippen LogP contribution in [0.4, 0.5) is 0 Å². The molecule has 2 saturated heterocycles. The smallest absolute Gasteiger partial charge is 0.306 e. The number of nitrogens with zero attached hydrogens (tertiary/aromatic N) is 1. The Morgan fingerprint density at radius 2 is 1.88 bits per heavy atom. The van der Waals surface area contributed by atoms with Gasteiger partial charge >= 0.3 is 5.97 Å². The lowest BCUT2D eigenvalue weighted by atomic mass is 9.92. The van der Waals surface area contributed by atoms with Crippen LogP contribution in [0.3, 0.4) is 0 Å². The van der Waals surface area contributed by atoms with Gasteiger partial charge in [0.25, 0.3) is 0 Å². The highest BCUT2D eigenvalue weighted by Gasteiger charge is 2.31. The van der Waals surface area contributed by atoms with Crippen LogP contribution in [0.1, 0.15) is 64.7 Å². The maximum absolute atomic E-state index is 12.8. The highest BCUT2D eigenvalue weighted by molar-refractivity contribution is 7.89. The molecule has 2 amide bonds. The van der Waals surface area contributed by atoms with Crippen LogP contribution >= 0.6 is 12.4 Å². The van der Waals surface area contributed by atoms with E-state index in [0.29, 0.717) is 44.6 Å². The summed E-state index contributed by atoms with van der Waals surface area (Å²) in [5, 5.41) is 15.0. The Bertz CT molecular complexity index is 745. The summed E-state index contributed by atoms with van der Waals surface area (Å²) in [4.78, 5) is 38.3. The molecule has 33 heavy (non-hydrogen) atoms. The largest absolute Gasteiger partial charge is 0.481 e. The van der Waals surface area contributed by atoms with Gasteiger partial charge in [0.1, 0.15) is 6.17 Å². The molecule has 2 aliphatic heterocycles. The molecule has 0 aliphatic carbocycles. The van der Waals surface area contributed by atoms with Gasteiger partial charge in [-0.15, -0.1) is 12.4 Å². The third-order valence-electron chi connectivity index (χ3n) is 6.15. The predicted molar refractivity (Wildman–Crippen MR) is 127 cm³/mol. The van der Waals surface area contributed by atoms with Crippen molar-refractivity contribution >= 4 is 40.2 Å². The summed E-state index contributed by atoms with van der Waals surface area (Å²) in [5.74, 6) is -1.65. The maximum atomic E-state index is 12.8. The van der Waals surface area contributed by atoms with Crippen LogP contribution in [0.5, 0.6) is 0 Å². The zero-order chi connectivity index (χ0) is 23.6. The molecule has 2 fully saturated rings. The first-order valence-electron chi connectivity index (χ1n) is 11.7. The number of carboxylic acids is 1. The highest BCUT2D eigenvalue weighted by Crippen LogP contribution is 2.21. The second-order valence-corrected chi connectivity index (χ2v) is 10.7. The maximum Gasteiger partial charge on any atom is 0.306 e. The van der Waals surface area contributed by atoms with Crippen LogP contribution in [-0.2, 0) is 24.4 Å². The van der Waals surface area contributed by atoms with Crippen LogP contribution in [0.25, 0.3) is 0 Å². The van der Waals surface area contributed by atoms with E-state index in [1.807, 2.05) is 6.92 Å². The fraction of sp³-hybridized carbons (Fsp3) is 0.857. The Morgan fingerprint density at radius 1 is 1.18 bits per heavy atom. The molecule has 2 rings (SSSR count). The quantitative estimate of drug-likeness (QED) is 0.287. The number of unbranched alkanes of at least 4 members (excludes halogenated alkanes) is 1. The molecule has 4 N–H and O–H groups in total. The van der Waals surface area contributed by atoms with Crippen molar-refractivity contribution in [1.82, 2.24) is 20.3 Å². The lowest BCUT2D eigenvalue weighted by Crippen LogP contribution is -2.53. The summed E-state index contributed by atoms with van der Waals surface area (Å²) in [6.07, 6.45) is 4.10. The van der Waals surface area contributed by atoms with E-state index in [9.17, 15) is 22.8 Å². The Labute approximate surface area is 203 Å². The van der Waals surface area contributed by atoms with Crippen LogP contribution in [-0.4, -0.2) is 74.3 Å². The van der Waals surface area contributed by atoms with Gasteiger partial charge in [-0.2, -0.15) is 4.72 Å². The van der Waals surface area contributed by atoms with E-state index >= 15 is 0 Å². The number of hydrogen-bond donors (Lipinski definition) is 4. The molecule has 0 radical (unpaired) electrons. The number of aliphatic carboxylic acids is 1. The van der Waals surface area contributed by atoms with Crippen LogP contribution in [0, 0.1) is 11.8 Å². The Hall–Kier alpha value is -1.43. The average molecular weight is 511 g/mol. The number of carbonyl (C=O) groups is 3. The standard InChI is InChI=1S/C21H38N4O6S.ClH/c1-2-3-13-32(30,31)24-18(14-20(27)28)23-21(29)17-5-4-12-25(15-17)19(26)7-6-16-8-10-22-11-9-16;/h16-18,22,24H,2-15H2,1H3,(H,23,29)(H,27,28);1H/t17-,18+;/m1./s1. The zero-order valence-corrected chi connectivity index (χ0v) is 21.0. The fourth-order valence-corrected chi connectivity index (χ4v) is 5.63. The first kappa shape index (κ1) is 29.6. The Balaban J connectivity index is 0.00000544. The van der Waals surface area contributed by atoms with Gasteiger partial charge in [0.2, 0.25) is 21.8 Å². The molecule has 0 aromatic rings. The number of halogens is 1. The van der Waals surface area contributed by atoms with Crippen LogP contribution in [0.15, 0.2) is 0 Å². The normalized spacial score (nSPS) is 20.5. The lowest BCUT2D eigenvalue weighted by molar-refractivity contribution is -0.138. The third kappa shape index (κ3) is 11.0. The molecule has 12 heteroatoms. The van der Waals surface area contributed by atoms with E-state index < -0.39 is 40.4 Å². The summed E-state index contributed by atoms with van der Waals surface area (Å²) in [5.41, 5.74) is 0. The Kier molecular flexibility index (Phi) is 13.2. The van der Waals surface area contributed by atoms with E-state index in [1.165, 1.54) is 0 Å². The van der Waals surface area contributed by atoms with Crippen molar-refractivity contribution in [3.63, 3.8) is 0 Å². The van der Waals surface area contributed by atoms with E-state index in [1.54, 1.807) is 4.90 Å². The first-order chi connectivity index (χ1) is 15.2. The molecular weight excluding hydrogens is 472 g/mol. The van der Waals surface area contributed by atoms with Gasteiger partial charge < -0.3 is 20.6 Å². The second-order valence-electron chi connectivity index (χ2n) is 8.86. The van der Waals surface area contributed by atoms with Crippen molar-refractivity contribution in [2.24, 2.45) is 11.8 Å². The minimum atomic E-state index is -3.70. The van der Waals surface area contributed by atoms with Crippen molar-refractivity contribution in [3.8, 4) is 0 Å². The number of amides is 2. The number of carboxylic acid groups (broad SMARTS) is 1. The van der Waals surface area contributed by atoms with Gasteiger partial charge in [-0.05, 0) is 57.5 Å². The number of likely N-dealkylation sites (tertiary alicyclic amines) is 1. The predicted octanol–water partition coefficient (Wildman–Crippen LogP) is 1.06. The van der Waals surface area contributed by atoms with E-state index in [-0.39, 0.29) is 30.6 Å². The first-order valence-corrected chi connectivity index (χ1v) is 13.4. The van der Waals surface area contributed by atoms with Gasteiger partial charge in [-0.25, -0.2) is 8.42 Å². The average Bonchev–Trinajstić information content (AvgIpc) is 2.76. The summed E-state index contributed by atoms with van der Waals surface area (Å²) in [6, 6.07) is 0. The van der Waals surface area contributed by atoms with Crippen molar-refractivity contribution < 1.29 is 27.9 Å². The van der Waals surface area contributed by atoms with Crippen molar-refractivity contribution in [2.45, 2.75) is 70.9 Å². The summed E-state index contributed by atoms with van der Waals surface area (Å²) < 4.78 is 26.6. The molecule has 0 spiro atoms. The fourth-order valence-electron chi connectivity index (χ4n) is 4.27. The number of rotatable bonds is 12. The zero-order valence-electron chi connectivity index (χ0n) is 19.4. The summed E-state index contributed by atoms with van der Waals surface area (Å²) in [6.45, 7) is 4.72. The SMILES string of the molecule is CCCCS(=O)(=O)N[C@@H](CC(=O)O)NC(=O)[C@@H]1CCCN(C(=O)CCC2CCNCC2)C1.Cl. The third-order valence-corrected chi connectivity index (χ3v) is 7.62. The molecule has 0 saturated carbocycles. The van der Waals surface area contributed by atoms with E-state index in [2.05, 4.69) is 15.4 Å². The number of hydrogen-bond acceptors (Lipinski definition) is 6. The molecule has 0 aromatic carbocycles. The molecule has 2 aliphatic rings. The molecular formula is C21H39ClN4O6S. The van der Waals surface area contributed by atoms with Gasteiger partial charge in [0.05, 0.1) is 18.1 Å².